The Morgan fingerprint density at radius 2 is 1.13 bits per heavy atom. The van der Waals surface area contributed by atoms with Gasteiger partial charge in [-0.2, -0.15) is 9.46 Å². The van der Waals surface area contributed by atoms with Gasteiger partial charge >= 0.3 is 17.9 Å². The minimum atomic E-state index is -2.87. The lowest BCUT2D eigenvalue weighted by Crippen LogP contribution is -2.45. The van der Waals surface area contributed by atoms with Crippen molar-refractivity contribution < 1.29 is 53.3 Å². The molecule has 250 valence electrons. The van der Waals surface area contributed by atoms with Crippen molar-refractivity contribution in [2.24, 2.45) is 0 Å². The number of hydrogen-bond donors (Lipinski definition) is 4. The molecular formula is C32H36N4O11. The fourth-order valence-electron chi connectivity index (χ4n) is 5.02. The predicted molar refractivity (Wildman–Crippen MR) is 167 cm³/mol. The number of nitrogens with one attached hydrogen (secondary N) is 2. The summed E-state index contributed by atoms with van der Waals surface area (Å²) in [7, 11) is 2.99. The molecule has 0 atom stereocenters. The third-order valence-electron chi connectivity index (χ3n) is 7.33. The van der Waals surface area contributed by atoms with Crippen LogP contribution < -0.4 is 29.8 Å². The van der Waals surface area contributed by atoms with E-state index in [1.807, 2.05) is 0 Å². The molecular weight excluding hydrogens is 616 g/mol. The first-order valence-corrected chi connectivity index (χ1v) is 14.6. The molecule has 0 radical (unpaired) electrons. The zero-order valence-corrected chi connectivity index (χ0v) is 26.3. The van der Waals surface area contributed by atoms with Gasteiger partial charge in [0, 0.05) is 50.1 Å². The van der Waals surface area contributed by atoms with Crippen LogP contribution in [0.4, 0.5) is 0 Å². The third-order valence-corrected chi connectivity index (χ3v) is 7.33. The summed E-state index contributed by atoms with van der Waals surface area (Å²) < 4.78 is 12.8. The second-order valence-corrected chi connectivity index (χ2v) is 10.8. The van der Waals surface area contributed by atoms with Crippen molar-refractivity contribution in [3.8, 4) is 11.5 Å². The van der Waals surface area contributed by atoms with Crippen LogP contribution in [0.5, 0.6) is 11.5 Å². The van der Waals surface area contributed by atoms with E-state index in [-0.39, 0.29) is 11.8 Å². The number of benzene rings is 2. The van der Waals surface area contributed by atoms with Crippen molar-refractivity contribution >= 4 is 51.5 Å². The Morgan fingerprint density at radius 1 is 0.723 bits per heavy atom. The molecule has 4 aromatic rings. The number of aliphatic hydroxyl groups is 1. The highest BCUT2D eigenvalue weighted by Gasteiger charge is 2.43. The number of aliphatic carboxylic acids is 1. The van der Waals surface area contributed by atoms with E-state index in [1.54, 1.807) is 36.4 Å². The van der Waals surface area contributed by atoms with Gasteiger partial charge in [-0.05, 0) is 60.4 Å². The molecule has 2 aromatic carbocycles. The van der Waals surface area contributed by atoms with Crippen LogP contribution in [0.3, 0.4) is 0 Å². The molecule has 15 heteroatoms. The summed E-state index contributed by atoms with van der Waals surface area (Å²) in [5.41, 5.74) is -0.577. The number of carbonyl (C=O) groups excluding carboxylic acids is 4. The van der Waals surface area contributed by atoms with Crippen LogP contribution in [0.2, 0.25) is 0 Å². The van der Waals surface area contributed by atoms with Crippen molar-refractivity contribution in [2.45, 2.75) is 45.1 Å². The predicted octanol–water partition coefficient (Wildman–Crippen LogP) is 1.18. The van der Waals surface area contributed by atoms with E-state index in [2.05, 4.69) is 10.6 Å². The number of aromatic nitrogens is 2. The van der Waals surface area contributed by atoms with Gasteiger partial charge in [-0.1, -0.05) is 0 Å². The van der Waals surface area contributed by atoms with E-state index in [0.717, 1.165) is 9.46 Å². The Labute approximate surface area is 268 Å². The first-order chi connectivity index (χ1) is 22.3. The van der Waals surface area contributed by atoms with E-state index in [4.69, 9.17) is 19.1 Å². The van der Waals surface area contributed by atoms with Gasteiger partial charge in [-0.15, -0.1) is 0 Å². The van der Waals surface area contributed by atoms with Gasteiger partial charge in [0.1, 0.15) is 11.5 Å². The van der Waals surface area contributed by atoms with Crippen molar-refractivity contribution in [2.75, 3.05) is 27.3 Å². The lowest BCUT2D eigenvalue weighted by Gasteiger charge is -2.21. The fraction of sp³-hybridized carbons (Fsp3) is 0.344. The van der Waals surface area contributed by atoms with Crippen molar-refractivity contribution in [1.29, 1.82) is 0 Å². The summed E-state index contributed by atoms with van der Waals surface area (Å²) in [5.74, 6) is -3.45. The Kier molecular flexibility index (Phi) is 10.7. The summed E-state index contributed by atoms with van der Waals surface area (Å²) in [6.45, 7) is 3.39. The second-order valence-electron chi connectivity index (χ2n) is 10.8. The molecule has 47 heavy (non-hydrogen) atoms. The van der Waals surface area contributed by atoms with Gasteiger partial charge in [0.05, 0.1) is 38.1 Å². The molecule has 2 amide bonds. The van der Waals surface area contributed by atoms with Crippen LogP contribution in [-0.2, 0) is 36.8 Å². The lowest BCUT2D eigenvalue weighted by atomic mass is 9.96. The second kappa shape index (κ2) is 14.7. The average molecular weight is 653 g/mol. The van der Waals surface area contributed by atoms with E-state index < -0.39 is 36.4 Å². The van der Waals surface area contributed by atoms with Gasteiger partial charge in [-0.3, -0.25) is 9.59 Å². The number of ether oxygens (including phenoxy) is 2. The molecule has 0 aliphatic heterocycles. The highest BCUT2D eigenvalue weighted by atomic mass is 16.7. The van der Waals surface area contributed by atoms with Gasteiger partial charge < -0.3 is 40.0 Å². The number of carboxylic acid groups (broad SMARTS) is 1. The zero-order valence-electron chi connectivity index (χ0n) is 26.3. The number of hydrogen-bond acceptors (Lipinski definition) is 10. The van der Waals surface area contributed by atoms with Crippen molar-refractivity contribution in [1.82, 2.24) is 20.1 Å². The molecule has 2 aromatic heterocycles. The fourth-order valence-corrected chi connectivity index (χ4v) is 5.02. The summed E-state index contributed by atoms with van der Waals surface area (Å²) in [4.78, 5) is 71.6. The number of nitrogens with zero attached hydrogens (tertiary/aromatic N) is 2. The summed E-state index contributed by atoms with van der Waals surface area (Å²) in [6, 6.07) is 9.98. The largest absolute Gasteiger partial charge is 0.497 e. The van der Waals surface area contributed by atoms with E-state index in [0.29, 0.717) is 70.4 Å². The Bertz CT molecular complexity index is 1700. The summed E-state index contributed by atoms with van der Waals surface area (Å²) in [5, 5.41) is 27.5. The van der Waals surface area contributed by atoms with Crippen molar-refractivity contribution in [3.05, 3.63) is 59.9 Å². The van der Waals surface area contributed by atoms with Crippen LogP contribution >= 0.6 is 0 Å². The van der Waals surface area contributed by atoms with E-state index in [9.17, 15) is 34.2 Å². The zero-order chi connectivity index (χ0) is 34.3. The van der Waals surface area contributed by atoms with Crippen LogP contribution in [0.1, 0.15) is 37.8 Å². The number of carbonyl (C=O) groups is 5. The number of rotatable bonds is 15. The first kappa shape index (κ1) is 34.3. The van der Waals surface area contributed by atoms with E-state index >= 15 is 0 Å². The van der Waals surface area contributed by atoms with Gasteiger partial charge in [0.25, 0.3) is 0 Å². The molecule has 0 saturated heterocycles. The molecule has 0 unspecified atom stereocenters. The normalized spacial score (nSPS) is 11.3. The standard InChI is InChI=1S/C32H36N4O11/c1-19(37)33-11-9-21-17-35(27-7-5-23(44-3)13-25(21)27)46-29(39)15-32(43,31(41)42)16-30(40)47-36-18-22(10-12-34-20(2)38)26-14-24(45-4)6-8-28(26)36/h5-8,13-14,17-18,43H,9-12,15-16H2,1-4H3,(H,33,37)(H,34,38)(H,41,42). The Hall–Kier alpha value is -5.57. The Balaban J connectivity index is 1.51. The smallest absolute Gasteiger partial charge is 0.336 e. The first-order valence-electron chi connectivity index (χ1n) is 14.6. The van der Waals surface area contributed by atoms with Crippen LogP contribution in [0.15, 0.2) is 48.8 Å². The molecule has 0 fully saturated rings. The molecule has 4 N–H and O–H groups in total. The van der Waals surface area contributed by atoms with Crippen LogP contribution in [0, 0.1) is 0 Å². The van der Waals surface area contributed by atoms with Gasteiger partial charge in [0.15, 0.2) is 5.60 Å². The topological polar surface area (TPSA) is 197 Å². The van der Waals surface area contributed by atoms with E-state index in [1.165, 1.54) is 40.5 Å². The van der Waals surface area contributed by atoms with Crippen LogP contribution in [0.25, 0.3) is 21.8 Å². The van der Waals surface area contributed by atoms with Crippen molar-refractivity contribution in [3.63, 3.8) is 0 Å². The average Bonchev–Trinajstić information content (AvgIpc) is 3.52. The molecule has 0 saturated carbocycles. The van der Waals surface area contributed by atoms with Gasteiger partial charge in [0.2, 0.25) is 11.8 Å². The molecule has 4 rings (SSSR count). The highest BCUT2D eigenvalue weighted by Crippen LogP contribution is 2.28. The molecule has 0 aliphatic carbocycles. The maximum atomic E-state index is 13.0. The lowest BCUT2D eigenvalue weighted by molar-refractivity contribution is -0.173. The third kappa shape index (κ3) is 8.38. The maximum Gasteiger partial charge on any atom is 0.336 e. The highest BCUT2D eigenvalue weighted by molar-refractivity contribution is 5.91. The number of amides is 2. The molecule has 0 spiro atoms. The minimum Gasteiger partial charge on any atom is -0.497 e. The molecule has 0 bridgehead atoms. The number of fused-ring (bicyclic) bond motifs is 2. The summed E-state index contributed by atoms with van der Waals surface area (Å²) >= 11 is 0. The summed E-state index contributed by atoms with van der Waals surface area (Å²) in [6.07, 6.45) is 1.62. The SMILES string of the molecule is COc1ccc2c(c1)c(CCNC(C)=O)cn2OC(=O)CC(O)(CC(=O)On1cc(CCNC(C)=O)c2cc(OC)ccc21)C(=O)O. The van der Waals surface area contributed by atoms with Gasteiger partial charge in [-0.25, -0.2) is 14.4 Å². The quantitative estimate of drug-likeness (QED) is 0.144. The molecule has 0 aliphatic rings. The Morgan fingerprint density at radius 3 is 1.47 bits per heavy atom. The minimum absolute atomic E-state index is 0.211. The maximum absolute atomic E-state index is 13.0. The number of carboxylic acids is 1. The molecule has 15 nitrogen and oxygen atoms in total. The monoisotopic (exact) mass is 652 g/mol. The van der Waals surface area contributed by atoms with Crippen LogP contribution in [-0.4, -0.2) is 82.3 Å². The number of methoxy groups -OCH3 is 2. The molecule has 2 heterocycles.